The van der Waals surface area contributed by atoms with Crippen LogP contribution in [0.25, 0.3) is 0 Å². The van der Waals surface area contributed by atoms with Crippen LogP contribution in [-0.2, 0) is 4.74 Å². The molecule has 2 atom stereocenters. The van der Waals surface area contributed by atoms with Gasteiger partial charge in [0, 0.05) is 30.4 Å². The molecule has 1 saturated heterocycles. The van der Waals surface area contributed by atoms with Crippen LogP contribution >= 0.6 is 0 Å². The van der Waals surface area contributed by atoms with Crippen molar-refractivity contribution in [2.45, 2.75) is 32.8 Å². The van der Waals surface area contributed by atoms with Crippen LogP contribution in [0.1, 0.15) is 41.8 Å². The second-order valence-electron chi connectivity index (χ2n) is 9.06. The maximum absolute atomic E-state index is 14.0. The Morgan fingerprint density at radius 3 is 2.62 bits per heavy atom. The molecule has 0 aromatic heterocycles. The fraction of sp³-hybridized carbons (Fsp3) is 0.423. The first-order valence-electron chi connectivity index (χ1n) is 11.1. The van der Waals surface area contributed by atoms with Gasteiger partial charge in [-0.2, -0.15) is 10.5 Å². The van der Waals surface area contributed by atoms with Gasteiger partial charge in [0.1, 0.15) is 30.0 Å². The Kier molecular flexibility index (Phi) is 6.20. The van der Waals surface area contributed by atoms with Crippen LogP contribution in [0.15, 0.2) is 30.3 Å². The molecule has 2 aromatic carbocycles. The summed E-state index contributed by atoms with van der Waals surface area (Å²) >= 11 is 0. The Hall–Kier alpha value is -3.62. The van der Waals surface area contributed by atoms with E-state index in [4.69, 9.17) is 14.2 Å². The van der Waals surface area contributed by atoms with Gasteiger partial charge in [-0.25, -0.2) is 4.39 Å². The van der Waals surface area contributed by atoms with Gasteiger partial charge in [0.2, 0.25) is 0 Å². The second kappa shape index (κ2) is 8.96. The summed E-state index contributed by atoms with van der Waals surface area (Å²) in [6, 6.07) is 12.2. The normalized spacial score (nSPS) is 23.9. The van der Waals surface area contributed by atoms with Crippen LogP contribution in [0.2, 0.25) is 0 Å². The van der Waals surface area contributed by atoms with E-state index in [2.05, 4.69) is 17.0 Å². The minimum Gasteiger partial charge on any atom is -0.489 e. The number of halogens is 1. The summed E-state index contributed by atoms with van der Waals surface area (Å²) in [6.07, 6.45) is -0.136. The van der Waals surface area contributed by atoms with Gasteiger partial charge in [-0.1, -0.05) is 6.07 Å². The van der Waals surface area contributed by atoms with Gasteiger partial charge >= 0.3 is 0 Å². The number of carbonyl (C=O) groups excluding carboxylic acids is 1. The molecule has 0 bridgehead atoms. The third-order valence-electron chi connectivity index (χ3n) is 6.97. The number of benzene rings is 2. The first-order valence-corrected chi connectivity index (χ1v) is 11.1. The van der Waals surface area contributed by atoms with E-state index in [1.165, 1.54) is 6.07 Å². The standard InChI is InChI=1S/C26H26FN3O4/c1-17-20(27)5-4-6-21(17)33-16-26(3)25(2,7-8-28)24(31)23-18(15-29)13-19(14-22(23)34-26)30-9-11-32-12-10-30/h4-6,13-14H,7,9-12,16H2,1-3H3. The average molecular weight is 464 g/mol. The smallest absolute Gasteiger partial charge is 0.178 e. The molecule has 8 heteroatoms. The molecule has 0 aliphatic carbocycles. The number of ketones is 1. The van der Waals surface area contributed by atoms with Crippen molar-refractivity contribution in [2.24, 2.45) is 5.41 Å². The number of carbonyl (C=O) groups is 1. The van der Waals surface area contributed by atoms with E-state index in [9.17, 15) is 19.7 Å². The van der Waals surface area contributed by atoms with Crippen LogP contribution < -0.4 is 14.4 Å². The molecule has 0 spiro atoms. The van der Waals surface area contributed by atoms with E-state index in [-0.39, 0.29) is 35.7 Å². The zero-order valence-electron chi connectivity index (χ0n) is 19.5. The minimum atomic E-state index is -1.29. The molecule has 2 unspecified atom stereocenters. The minimum absolute atomic E-state index is 0.0929. The number of nitrogens with zero attached hydrogens (tertiary/aromatic N) is 3. The van der Waals surface area contributed by atoms with Crippen LogP contribution in [0.4, 0.5) is 10.1 Å². The van der Waals surface area contributed by atoms with Gasteiger partial charge < -0.3 is 19.1 Å². The molecule has 0 N–H and O–H groups in total. The zero-order chi connectivity index (χ0) is 24.5. The Balaban J connectivity index is 1.77. The predicted molar refractivity (Wildman–Crippen MR) is 123 cm³/mol. The quantitative estimate of drug-likeness (QED) is 0.656. The van der Waals surface area contributed by atoms with E-state index in [1.807, 2.05) is 0 Å². The maximum atomic E-state index is 14.0. The van der Waals surface area contributed by atoms with Crippen molar-refractivity contribution in [1.29, 1.82) is 10.5 Å². The summed E-state index contributed by atoms with van der Waals surface area (Å²) in [6.45, 7) is 7.33. The second-order valence-corrected chi connectivity index (χ2v) is 9.06. The molecule has 0 amide bonds. The van der Waals surface area contributed by atoms with Crippen LogP contribution in [0.3, 0.4) is 0 Å². The number of morpholine rings is 1. The summed E-state index contributed by atoms with van der Waals surface area (Å²) in [5, 5.41) is 19.4. The predicted octanol–water partition coefficient (Wildman–Crippen LogP) is 4.18. The molecule has 1 fully saturated rings. The van der Waals surface area contributed by atoms with Crippen molar-refractivity contribution < 1.29 is 23.4 Å². The van der Waals surface area contributed by atoms with Gasteiger partial charge in [-0.05, 0) is 39.0 Å². The van der Waals surface area contributed by atoms with E-state index in [0.29, 0.717) is 37.6 Å². The number of rotatable bonds is 5. The largest absolute Gasteiger partial charge is 0.489 e. The molecular weight excluding hydrogens is 437 g/mol. The van der Waals surface area contributed by atoms with Crippen LogP contribution in [0, 0.1) is 40.8 Å². The molecule has 2 heterocycles. The van der Waals surface area contributed by atoms with Gasteiger partial charge in [0.25, 0.3) is 0 Å². The first-order chi connectivity index (χ1) is 16.2. The molecule has 0 radical (unpaired) electrons. The van der Waals surface area contributed by atoms with Crippen molar-refractivity contribution in [1.82, 2.24) is 0 Å². The SMILES string of the molecule is Cc1c(F)cccc1OCC1(C)Oc2cc(N3CCOCC3)cc(C#N)c2C(=O)C1(C)CC#N. The highest BCUT2D eigenvalue weighted by atomic mass is 19.1. The van der Waals surface area contributed by atoms with E-state index < -0.39 is 16.8 Å². The molecule has 0 saturated carbocycles. The Bertz CT molecular complexity index is 1210. The fourth-order valence-electron chi connectivity index (χ4n) is 4.45. The zero-order valence-corrected chi connectivity index (χ0v) is 19.5. The summed E-state index contributed by atoms with van der Waals surface area (Å²) in [5.41, 5.74) is -1.05. The van der Waals surface area contributed by atoms with Gasteiger partial charge in [0.05, 0.1) is 42.2 Å². The van der Waals surface area contributed by atoms with Crippen molar-refractivity contribution in [2.75, 3.05) is 37.8 Å². The number of hydrogen-bond donors (Lipinski definition) is 0. The number of hydrogen-bond acceptors (Lipinski definition) is 7. The van der Waals surface area contributed by atoms with Crippen LogP contribution in [0.5, 0.6) is 11.5 Å². The summed E-state index contributed by atoms with van der Waals surface area (Å²) < 4.78 is 31.8. The number of nitriles is 2. The van der Waals surface area contributed by atoms with Crippen molar-refractivity contribution in [3.8, 4) is 23.6 Å². The van der Waals surface area contributed by atoms with E-state index in [0.717, 1.165) is 5.69 Å². The molecule has 4 rings (SSSR count). The fourth-order valence-corrected chi connectivity index (χ4v) is 4.45. The third kappa shape index (κ3) is 3.85. The molecule has 2 aliphatic heterocycles. The highest BCUT2D eigenvalue weighted by Crippen LogP contribution is 2.49. The lowest BCUT2D eigenvalue weighted by atomic mass is 9.65. The lowest BCUT2D eigenvalue weighted by Gasteiger charge is -2.47. The Morgan fingerprint density at radius 1 is 1.21 bits per heavy atom. The van der Waals surface area contributed by atoms with Crippen molar-refractivity contribution in [3.63, 3.8) is 0 Å². The number of ether oxygens (including phenoxy) is 3. The molecule has 2 aromatic rings. The molecule has 7 nitrogen and oxygen atoms in total. The van der Waals surface area contributed by atoms with Crippen molar-refractivity contribution >= 4 is 11.5 Å². The first kappa shape index (κ1) is 23.5. The lowest BCUT2D eigenvalue weighted by Crippen LogP contribution is -2.59. The molecule has 2 aliphatic rings. The number of fused-ring (bicyclic) bond motifs is 1. The highest BCUT2D eigenvalue weighted by molar-refractivity contribution is 6.07. The maximum Gasteiger partial charge on any atom is 0.178 e. The lowest BCUT2D eigenvalue weighted by molar-refractivity contribution is -0.0591. The van der Waals surface area contributed by atoms with Crippen molar-refractivity contribution in [3.05, 3.63) is 52.8 Å². The molecule has 34 heavy (non-hydrogen) atoms. The van der Waals surface area contributed by atoms with Gasteiger partial charge in [0.15, 0.2) is 11.4 Å². The third-order valence-corrected chi connectivity index (χ3v) is 6.97. The summed E-state index contributed by atoms with van der Waals surface area (Å²) in [7, 11) is 0. The Labute approximate surface area is 198 Å². The topological polar surface area (TPSA) is 95.6 Å². The monoisotopic (exact) mass is 463 g/mol. The molecule has 176 valence electrons. The van der Waals surface area contributed by atoms with E-state index in [1.54, 1.807) is 45.0 Å². The van der Waals surface area contributed by atoms with E-state index >= 15 is 0 Å². The van der Waals surface area contributed by atoms with Crippen LogP contribution in [-0.4, -0.2) is 44.3 Å². The summed E-state index contributed by atoms with van der Waals surface area (Å²) in [5.74, 6) is -0.130. The summed E-state index contributed by atoms with van der Waals surface area (Å²) in [4.78, 5) is 15.9. The highest BCUT2D eigenvalue weighted by Gasteiger charge is 2.57. The number of Topliss-reactive ketones (excluding diaryl/α,β-unsaturated/α-hetero) is 1. The van der Waals surface area contributed by atoms with Gasteiger partial charge in [-0.3, -0.25) is 4.79 Å². The average Bonchev–Trinajstić information content (AvgIpc) is 2.84. The Morgan fingerprint density at radius 2 is 1.94 bits per heavy atom. The van der Waals surface area contributed by atoms with Gasteiger partial charge in [-0.15, -0.1) is 0 Å². The number of anilines is 1. The molecular formula is C26H26FN3O4.